The van der Waals surface area contributed by atoms with E-state index in [9.17, 15) is 9.59 Å². The van der Waals surface area contributed by atoms with Crippen LogP contribution in [0, 0.1) is 6.92 Å². The highest BCUT2D eigenvalue weighted by molar-refractivity contribution is 7.09. The van der Waals surface area contributed by atoms with Crippen LogP contribution in [0.15, 0.2) is 35.7 Å². The number of ether oxygens (including phenoxy) is 1. The number of aryl methyl sites for hydroxylation is 1. The average Bonchev–Trinajstić information content (AvgIpc) is 3.22. The number of likely N-dealkylation sites (tertiary alicyclic amines) is 1. The number of rotatable bonds is 4. The number of aromatic nitrogens is 1. The van der Waals surface area contributed by atoms with Crippen molar-refractivity contribution in [1.29, 1.82) is 0 Å². The fourth-order valence-corrected chi connectivity index (χ4v) is 3.28. The summed E-state index contributed by atoms with van der Waals surface area (Å²) < 4.78 is 5.38. The second-order valence-electron chi connectivity index (χ2n) is 5.50. The average molecular weight is 330 g/mol. The molecule has 1 amide bonds. The predicted octanol–water partition coefficient (Wildman–Crippen LogP) is 2.80. The molecule has 0 radical (unpaired) electrons. The van der Waals surface area contributed by atoms with Crippen molar-refractivity contribution in [3.05, 3.63) is 52.0 Å². The summed E-state index contributed by atoms with van der Waals surface area (Å²) in [5.41, 5.74) is 1.35. The molecule has 2 heterocycles. The quantitative estimate of drug-likeness (QED) is 0.809. The van der Waals surface area contributed by atoms with Gasteiger partial charge in [0.15, 0.2) is 0 Å². The van der Waals surface area contributed by atoms with E-state index < -0.39 is 6.04 Å². The standard InChI is InChI=1S/C17H18N2O3S/c1-12-18-14(11-23-12)16(20)19-9-5-8-15(19)17(21)22-10-13-6-3-2-4-7-13/h2-4,6-7,11,15H,5,8-10H2,1H3. The maximum absolute atomic E-state index is 12.5. The summed E-state index contributed by atoms with van der Waals surface area (Å²) >= 11 is 1.43. The molecule has 120 valence electrons. The van der Waals surface area contributed by atoms with E-state index in [2.05, 4.69) is 4.98 Å². The molecule has 6 heteroatoms. The van der Waals surface area contributed by atoms with Gasteiger partial charge in [-0.3, -0.25) is 4.79 Å². The third-order valence-corrected chi connectivity index (χ3v) is 4.62. The van der Waals surface area contributed by atoms with Gasteiger partial charge < -0.3 is 9.64 Å². The Kier molecular flexibility index (Phi) is 4.71. The van der Waals surface area contributed by atoms with E-state index >= 15 is 0 Å². The zero-order chi connectivity index (χ0) is 16.2. The van der Waals surface area contributed by atoms with E-state index in [1.165, 1.54) is 11.3 Å². The molecule has 3 rings (SSSR count). The molecule has 0 N–H and O–H groups in total. The first kappa shape index (κ1) is 15.7. The minimum absolute atomic E-state index is 0.187. The van der Waals surface area contributed by atoms with E-state index in [-0.39, 0.29) is 18.5 Å². The Hall–Kier alpha value is -2.21. The van der Waals surface area contributed by atoms with Crippen LogP contribution in [-0.2, 0) is 16.1 Å². The molecule has 0 aliphatic carbocycles. The molecule has 1 aliphatic heterocycles. The van der Waals surface area contributed by atoms with E-state index in [1.54, 1.807) is 10.3 Å². The number of benzene rings is 1. The van der Waals surface area contributed by atoms with Gasteiger partial charge in [0.05, 0.1) is 5.01 Å². The molecule has 1 aromatic carbocycles. The smallest absolute Gasteiger partial charge is 0.329 e. The first-order chi connectivity index (χ1) is 11.1. The number of esters is 1. The van der Waals surface area contributed by atoms with Gasteiger partial charge in [0.1, 0.15) is 18.3 Å². The molecule has 1 saturated heterocycles. The van der Waals surface area contributed by atoms with Gasteiger partial charge in [0.25, 0.3) is 5.91 Å². The Morgan fingerprint density at radius 3 is 2.83 bits per heavy atom. The van der Waals surface area contributed by atoms with Gasteiger partial charge in [-0.05, 0) is 25.3 Å². The van der Waals surface area contributed by atoms with Crippen molar-refractivity contribution in [2.24, 2.45) is 0 Å². The largest absolute Gasteiger partial charge is 0.459 e. The van der Waals surface area contributed by atoms with E-state index in [0.29, 0.717) is 18.7 Å². The summed E-state index contributed by atoms with van der Waals surface area (Å²) in [4.78, 5) is 30.7. The van der Waals surface area contributed by atoms with Crippen molar-refractivity contribution < 1.29 is 14.3 Å². The van der Waals surface area contributed by atoms with Crippen LogP contribution in [0.3, 0.4) is 0 Å². The van der Waals surface area contributed by atoms with Crippen LogP contribution >= 0.6 is 11.3 Å². The van der Waals surface area contributed by atoms with Gasteiger partial charge in [-0.25, -0.2) is 9.78 Å². The summed E-state index contributed by atoms with van der Waals surface area (Å²) in [6.45, 7) is 2.66. The fraction of sp³-hybridized carbons (Fsp3) is 0.353. The monoisotopic (exact) mass is 330 g/mol. The first-order valence-corrected chi connectivity index (χ1v) is 8.47. The normalized spacial score (nSPS) is 17.3. The maximum Gasteiger partial charge on any atom is 0.329 e. The van der Waals surface area contributed by atoms with Crippen LogP contribution in [0.25, 0.3) is 0 Å². The van der Waals surface area contributed by atoms with Crippen LogP contribution < -0.4 is 0 Å². The molecule has 1 aliphatic rings. The molecule has 23 heavy (non-hydrogen) atoms. The number of thiazole rings is 1. The third-order valence-electron chi connectivity index (χ3n) is 3.85. The van der Waals surface area contributed by atoms with Crippen molar-refractivity contribution in [2.75, 3.05) is 6.54 Å². The van der Waals surface area contributed by atoms with Crippen molar-refractivity contribution in [3.63, 3.8) is 0 Å². The Morgan fingerprint density at radius 2 is 2.13 bits per heavy atom. The van der Waals surface area contributed by atoms with Crippen molar-refractivity contribution in [3.8, 4) is 0 Å². The van der Waals surface area contributed by atoms with Gasteiger partial charge in [0.2, 0.25) is 0 Å². The van der Waals surface area contributed by atoms with Crippen LogP contribution in [0.1, 0.15) is 33.9 Å². The molecular weight excluding hydrogens is 312 g/mol. The number of nitrogens with zero attached hydrogens (tertiary/aromatic N) is 2. The lowest BCUT2D eigenvalue weighted by atomic mass is 10.2. The Balaban J connectivity index is 1.64. The number of hydrogen-bond acceptors (Lipinski definition) is 5. The van der Waals surface area contributed by atoms with E-state index in [1.807, 2.05) is 37.3 Å². The number of carbonyl (C=O) groups excluding carboxylic acids is 2. The van der Waals surface area contributed by atoms with Crippen LogP contribution in [-0.4, -0.2) is 34.3 Å². The predicted molar refractivity (Wildman–Crippen MR) is 87.1 cm³/mol. The van der Waals surface area contributed by atoms with Gasteiger partial charge >= 0.3 is 5.97 Å². The van der Waals surface area contributed by atoms with E-state index in [4.69, 9.17) is 4.74 Å². The lowest BCUT2D eigenvalue weighted by Crippen LogP contribution is -2.41. The molecule has 5 nitrogen and oxygen atoms in total. The van der Waals surface area contributed by atoms with Gasteiger partial charge in [-0.2, -0.15) is 0 Å². The highest BCUT2D eigenvalue weighted by Gasteiger charge is 2.36. The zero-order valence-corrected chi connectivity index (χ0v) is 13.7. The summed E-state index contributed by atoms with van der Waals surface area (Å²) in [5.74, 6) is -0.528. The Bertz CT molecular complexity index is 699. The second-order valence-corrected chi connectivity index (χ2v) is 6.56. The lowest BCUT2D eigenvalue weighted by Gasteiger charge is -2.22. The summed E-state index contributed by atoms with van der Waals surface area (Å²) in [6.07, 6.45) is 1.45. The van der Waals surface area contributed by atoms with Crippen LogP contribution in [0.4, 0.5) is 0 Å². The minimum Gasteiger partial charge on any atom is -0.459 e. The Morgan fingerprint density at radius 1 is 1.35 bits per heavy atom. The van der Waals surface area contributed by atoms with Crippen molar-refractivity contribution >= 4 is 23.2 Å². The summed E-state index contributed by atoms with van der Waals surface area (Å²) in [7, 11) is 0. The first-order valence-electron chi connectivity index (χ1n) is 7.59. The molecular formula is C17H18N2O3S. The molecule has 1 fully saturated rings. The SMILES string of the molecule is Cc1nc(C(=O)N2CCCC2C(=O)OCc2ccccc2)cs1. The van der Waals surface area contributed by atoms with Gasteiger partial charge in [-0.15, -0.1) is 11.3 Å². The Labute approximate surface area is 138 Å². The zero-order valence-electron chi connectivity index (χ0n) is 12.9. The minimum atomic E-state index is -0.506. The molecule has 1 aromatic heterocycles. The topological polar surface area (TPSA) is 59.5 Å². The summed E-state index contributed by atoms with van der Waals surface area (Å²) in [6, 6.07) is 9.02. The van der Waals surface area contributed by atoms with Gasteiger partial charge in [-0.1, -0.05) is 30.3 Å². The number of amides is 1. The molecule has 0 saturated carbocycles. The second kappa shape index (κ2) is 6.91. The molecule has 0 bridgehead atoms. The third kappa shape index (κ3) is 3.59. The molecule has 1 atom stereocenters. The highest BCUT2D eigenvalue weighted by atomic mass is 32.1. The highest BCUT2D eigenvalue weighted by Crippen LogP contribution is 2.22. The number of hydrogen-bond donors (Lipinski definition) is 0. The van der Waals surface area contributed by atoms with Crippen molar-refractivity contribution in [2.45, 2.75) is 32.4 Å². The maximum atomic E-state index is 12.5. The van der Waals surface area contributed by atoms with Crippen LogP contribution in [0.5, 0.6) is 0 Å². The fourth-order valence-electron chi connectivity index (χ4n) is 2.69. The molecule has 1 unspecified atom stereocenters. The molecule has 0 spiro atoms. The lowest BCUT2D eigenvalue weighted by molar-refractivity contribution is -0.149. The number of carbonyl (C=O) groups is 2. The van der Waals surface area contributed by atoms with Crippen molar-refractivity contribution in [1.82, 2.24) is 9.88 Å². The van der Waals surface area contributed by atoms with Gasteiger partial charge in [0, 0.05) is 11.9 Å². The van der Waals surface area contributed by atoms with Crippen LogP contribution in [0.2, 0.25) is 0 Å². The van der Waals surface area contributed by atoms with E-state index in [0.717, 1.165) is 17.0 Å². The summed E-state index contributed by atoms with van der Waals surface area (Å²) in [5, 5.41) is 2.58. The molecule has 2 aromatic rings.